The van der Waals surface area contributed by atoms with E-state index in [1.165, 1.54) is 12.1 Å². The fourth-order valence-corrected chi connectivity index (χ4v) is 5.13. The van der Waals surface area contributed by atoms with Gasteiger partial charge in [-0.3, -0.25) is 0 Å². The SMILES string of the molecule is O=S(=O)(NC1CCCCC1Br)c1cc(Cl)ccc1Cl. The van der Waals surface area contributed by atoms with Crippen LogP contribution in [0.25, 0.3) is 0 Å². The Balaban J connectivity index is 2.24. The Labute approximate surface area is 131 Å². The van der Waals surface area contributed by atoms with Gasteiger partial charge in [-0.05, 0) is 31.0 Å². The van der Waals surface area contributed by atoms with Crippen molar-refractivity contribution >= 4 is 49.2 Å². The molecule has 19 heavy (non-hydrogen) atoms. The third-order valence-electron chi connectivity index (χ3n) is 3.17. The molecule has 0 radical (unpaired) electrons. The van der Waals surface area contributed by atoms with Gasteiger partial charge in [-0.25, -0.2) is 13.1 Å². The number of alkyl halides is 1. The maximum atomic E-state index is 12.3. The molecule has 0 saturated heterocycles. The van der Waals surface area contributed by atoms with Gasteiger partial charge in [0.15, 0.2) is 0 Å². The van der Waals surface area contributed by atoms with Gasteiger partial charge in [0, 0.05) is 15.9 Å². The Morgan fingerprint density at radius 2 is 1.89 bits per heavy atom. The predicted octanol–water partition coefficient (Wildman–Crippen LogP) is 3.98. The Hall–Kier alpha value is 0.190. The molecule has 1 N–H and O–H groups in total. The Bertz CT molecular complexity index is 565. The first-order valence-corrected chi connectivity index (χ1v) is 9.17. The lowest BCUT2D eigenvalue weighted by molar-refractivity contribution is 0.427. The average molecular weight is 387 g/mol. The van der Waals surface area contributed by atoms with Crippen LogP contribution in [0, 0.1) is 0 Å². The van der Waals surface area contributed by atoms with E-state index in [4.69, 9.17) is 23.2 Å². The summed E-state index contributed by atoms with van der Waals surface area (Å²) in [6.45, 7) is 0. The molecule has 2 unspecified atom stereocenters. The van der Waals surface area contributed by atoms with E-state index in [-0.39, 0.29) is 20.8 Å². The number of hydrogen-bond donors (Lipinski definition) is 1. The number of halogens is 3. The van der Waals surface area contributed by atoms with Crippen LogP contribution >= 0.6 is 39.1 Å². The molecular weight excluding hydrogens is 373 g/mol. The Morgan fingerprint density at radius 3 is 2.58 bits per heavy atom. The van der Waals surface area contributed by atoms with E-state index < -0.39 is 10.0 Å². The van der Waals surface area contributed by atoms with Crippen LogP contribution in [0.5, 0.6) is 0 Å². The van der Waals surface area contributed by atoms with Crippen molar-refractivity contribution in [3.05, 3.63) is 28.2 Å². The number of sulfonamides is 1. The van der Waals surface area contributed by atoms with Crippen LogP contribution in [-0.4, -0.2) is 19.3 Å². The lowest BCUT2D eigenvalue weighted by Gasteiger charge is -2.28. The molecule has 3 nitrogen and oxygen atoms in total. The molecule has 106 valence electrons. The van der Waals surface area contributed by atoms with Crippen molar-refractivity contribution in [2.24, 2.45) is 0 Å². The molecule has 1 aromatic carbocycles. The third kappa shape index (κ3) is 3.85. The van der Waals surface area contributed by atoms with E-state index in [1.807, 2.05) is 0 Å². The van der Waals surface area contributed by atoms with Crippen LogP contribution in [0.15, 0.2) is 23.1 Å². The molecule has 0 heterocycles. The quantitative estimate of drug-likeness (QED) is 0.798. The fraction of sp³-hybridized carbons (Fsp3) is 0.500. The molecule has 2 rings (SSSR count). The topological polar surface area (TPSA) is 46.2 Å². The first kappa shape index (κ1) is 15.6. The molecule has 0 bridgehead atoms. The van der Waals surface area contributed by atoms with Gasteiger partial charge >= 0.3 is 0 Å². The lowest BCUT2D eigenvalue weighted by Crippen LogP contribution is -2.42. The minimum absolute atomic E-state index is 0.0342. The summed E-state index contributed by atoms with van der Waals surface area (Å²) in [4.78, 5) is 0.195. The van der Waals surface area contributed by atoms with Gasteiger partial charge < -0.3 is 0 Å². The van der Waals surface area contributed by atoms with E-state index in [0.717, 1.165) is 25.7 Å². The van der Waals surface area contributed by atoms with Gasteiger partial charge in [-0.1, -0.05) is 52.0 Å². The Kier molecular flexibility index (Phi) is 5.17. The molecule has 1 aliphatic carbocycles. The predicted molar refractivity (Wildman–Crippen MR) is 81.8 cm³/mol. The summed E-state index contributed by atoms with van der Waals surface area (Å²) in [6.07, 6.45) is 3.94. The second-order valence-corrected chi connectivity index (χ2v) is 8.31. The zero-order valence-electron chi connectivity index (χ0n) is 10.1. The maximum absolute atomic E-state index is 12.3. The fourth-order valence-electron chi connectivity index (χ4n) is 2.16. The summed E-state index contributed by atoms with van der Waals surface area (Å²) < 4.78 is 27.4. The van der Waals surface area contributed by atoms with Crippen LogP contribution in [0.1, 0.15) is 25.7 Å². The van der Waals surface area contributed by atoms with Crippen molar-refractivity contribution in [3.8, 4) is 0 Å². The summed E-state index contributed by atoms with van der Waals surface area (Å²) in [7, 11) is -3.64. The molecule has 0 aliphatic heterocycles. The van der Waals surface area contributed by atoms with E-state index in [9.17, 15) is 8.42 Å². The summed E-state index contributed by atoms with van der Waals surface area (Å²) >= 11 is 15.3. The first-order valence-electron chi connectivity index (χ1n) is 6.01. The molecule has 7 heteroatoms. The van der Waals surface area contributed by atoms with Crippen molar-refractivity contribution in [3.63, 3.8) is 0 Å². The molecule has 1 fully saturated rings. The molecule has 0 spiro atoms. The standard InChI is InChI=1S/C12H14BrCl2NO2S/c13-9-3-1-2-4-11(9)16-19(17,18)12-7-8(14)5-6-10(12)15/h5-7,9,11,16H,1-4H2. The lowest BCUT2D eigenvalue weighted by atomic mass is 9.96. The van der Waals surface area contributed by atoms with Gasteiger partial charge in [0.1, 0.15) is 4.90 Å². The van der Waals surface area contributed by atoms with Crippen LogP contribution in [0.2, 0.25) is 10.0 Å². The highest BCUT2D eigenvalue weighted by molar-refractivity contribution is 9.09. The number of hydrogen-bond acceptors (Lipinski definition) is 2. The number of nitrogens with one attached hydrogen (secondary N) is 1. The van der Waals surface area contributed by atoms with Crippen molar-refractivity contribution in [1.82, 2.24) is 4.72 Å². The molecule has 1 aliphatic rings. The molecule has 2 atom stereocenters. The zero-order valence-corrected chi connectivity index (χ0v) is 14.0. The monoisotopic (exact) mass is 385 g/mol. The first-order chi connectivity index (χ1) is 8.90. The van der Waals surface area contributed by atoms with Gasteiger partial charge in [0.25, 0.3) is 0 Å². The molecule has 0 amide bonds. The third-order valence-corrected chi connectivity index (χ3v) is 6.47. The zero-order chi connectivity index (χ0) is 14.0. The average Bonchev–Trinajstić information content (AvgIpc) is 2.35. The van der Waals surface area contributed by atoms with Crippen LogP contribution < -0.4 is 4.72 Å². The molecule has 1 aromatic rings. The van der Waals surface area contributed by atoms with E-state index in [2.05, 4.69) is 20.7 Å². The Morgan fingerprint density at radius 1 is 1.21 bits per heavy atom. The summed E-state index contributed by atoms with van der Waals surface area (Å²) in [5, 5.41) is 0.530. The van der Waals surface area contributed by atoms with Crippen molar-refractivity contribution in [2.75, 3.05) is 0 Å². The summed E-state index contributed by atoms with van der Waals surface area (Å²) in [5.41, 5.74) is 0. The smallest absolute Gasteiger partial charge is 0.207 e. The number of benzene rings is 1. The van der Waals surface area contributed by atoms with Gasteiger partial charge in [0.05, 0.1) is 5.02 Å². The van der Waals surface area contributed by atoms with E-state index >= 15 is 0 Å². The van der Waals surface area contributed by atoms with Crippen LogP contribution in [0.3, 0.4) is 0 Å². The molecule has 1 saturated carbocycles. The normalized spacial score (nSPS) is 24.4. The molecule has 0 aromatic heterocycles. The second kappa shape index (κ2) is 6.31. The van der Waals surface area contributed by atoms with Crippen LogP contribution in [-0.2, 0) is 10.0 Å². The van der Waals surface area contributed by atoms with Gasteiger partial charge in [-0.2, -0.15) is 0 Å². The second-order valence-electron chi connectivity index (χ2n) is 4.60. The number of rotatable bonds is 3. The largest absolute Gasteiger partial charge is 0.242 e. The summed E-state index contributed by atoms with van der Waals surface area (Å²) in [5.74, 6) is 0. The van der Waals surface area contributed by atoms with Gasteiger partial charge in [0.2, 0.25) is 10.0 Å². The highest BCUT2D eigenvalue weighted by Crippen LogP contribution is 2.29. The molecular formula is C12H14BrCl2NO2S. The van der Waals surface area contributed by atoms with Crippen molar-refractivity contribution in [1.29, 1.82) is 0 Å². The van der Waals surface area contributed by atoms with Crippen molar-refractivity contribution in [2.45, 2.75) is 41.4 Å². The highest BCUT2D eigenvalue weighted by Gasteiger charge is 2.28. The minimum atomic E-state index is -3.64. The van der Waals surface area contributed by atoms with E-state index in [1.54, 1.807) is 6.07 Å². The van der Waals surface area contributed by atoms with Crippen LogP contribution in [0.4, 0.5) is 0 Å². The van der Waals surface area contributed by atoms with Gasteiger partial charge in [-0.15, -0.1) is 0 Å². The maximum Gasteiger partial charge on any atom is 0.242 e. The summed E-state index contributed by atoms with van der Waals surface area (Å²) in [6, 6.07) is 4.33. The highest BCUT2D eigenvalue weighted by atomic mass is 79.9. The van der Waals surface area contributed by atoms with Crippen molar-refractivity contribution < 1.29 is 8.42 Å². The minimum Gasteiger partial charge on any atom is -0.207 e. The van der Waals surface area contributed by atoms with E-state index in [0.29, 0.717) is 5.02 Å².